The molecule has 0 aliphatic rings. The van der Waals surface area contributed by atoms with E-state index in [1.165, 1.54) is 30.1 Å². The van der Waals surface area contributed by atoms with Crippen LogP contribution in [0.1, 0.15) is 10.4 Å². The van der Waals surface area contributed by atoms with Gasteiger partial charge in [-0.2, -0.15) is 0 Å². The van der Waals surface area contributed by atoms with Gasteiger partial charge in [0, 0.05) is 4.88 Å². The Balaban J connectivity index is 1.98. The van der Waals surface area contributed by atoms with Crippen molar-refractivity contribution in [2.24, 2.45) is 0 Å². The van der Waals surface area contributed by atoms with Gasteiger partial charge in [-0.1, -0.05) is 42.9 Å². The quantitative estimate of drug-likeness (QED) is 0.499. The van der Waals surface area contributed by atoms with Crippen molar-refractivity contribution in [3.05, 3.63) is 70.4 Å². The van der Waals surface area contributed by atoms with Gasteiger partial charge in [-0.25, -0.2) is 4.98 Å². The van der Waals surface area contributed by atoms with Crippen molar-refractivity contribution in [2.45, 2.75) is 20.4 Å². The van der Waals surface area contributed by atoms with E-state index in [4.69, 9.17) is 4.98 Å². The average molecular weight is 366 g/mol. The van der Waals surface area contributed by atoms with Gasteiger partial charge >= 0.3 is 0 Å². The third-order valence-electron chi connectivity index (χ3n) is 4.63. The van der Waals surface area contributed by atoms with Crippen LogP contribution in [0.5, 0.6) is 0 Å². The first kappa shape index (κ1) is 15.8. The molecule has 2 aromatic heterocycles. The first-order valence-electron chi connectivity index (χ1n) is 8.06. The third kappa shape index (κ3) is 2.55. The van der Waals surface area contributed by atoms with E-state index in [1.54, 1.807) is 0 Å². The normalized spacial score (nSPS) is 14.0. The Morgan fingerprint density at radius 2 is 1.71 bits per heavy atom. The Morgan fingerprint density at radius 3 is 2.42 bits per heavy atom. The van der Waals surface area contributed by atoms with E-state index in [2.05, 4.69) is 80.4 Å². The number of aryl methyl sites for hydroxylation is 2. The van der Waals surface area contributed by atoms with Crippen molar-refractivity contribution in [3.63, 3.8) is 0 Å². The second kappa shape index (κ2) is 5.95. The molecule has 0 amide bonds. The van der Waals surface area contributed by atoms with Gasteiger partial charge in [-0.05, 0) is 53.4 Å². The van der Waals surface area contributed by atoms with Crippen LogP contribution >= 0.6 is 22.7 Å². The van der Waals surface area contributed by atoms with E-state index in [9.17, 15) is 0 Å². The molecule has 4 heteroatoms. The standard InChI is InChI=1S/C20H19NS2Si/c1-14-9-10-19-18(11-14)21-20(23-19)24(3,16-7-5-4-6-8-16)17-12-15(2)22-13-17/h4-13H,1-3H3. The number of fused-ring (bicyclic) bond motifs is 1. The van der Waals surface area contributed by atoms with Crippen LogP contribution in [0.4, 0.5) is 0 Å². The molecule has 0 radical (unpaired) electrons. The predicted octanol–water partition coefficient (Wildman–Crippen LogP) is 4.07. The Hall–Kier alpha value is -1.75. The summed E-state index contributed by atoms with van der Waals surface area (Å²) < 4.78 is 2.59. The summed E-state index contributed by atoms with van der Waals surface area (Å²) in [6.45, 7) is 6.76. The van der Waals surface area contributed by atoms with Gasteiger partial charge in [-0.15, -0.1) is 22.7 Å². The fourth-order valence-corrected chi connectivity index (χ4v) is 10.0. The number of hydrogen-bond donors (Lipinski definition) is 0. The van der Waals surface area contributed by atoms with Crippen LogP contribution in [0.3, 0.4) is 0 Å². The van der Waals surface area contributed by atoms with E-state index in [-0.39, 0.29) is 0 Å². The second-order valence-corrected chi connectivity index (χ2v) is 12.8. The molecule has 0 N–H and O–H groups in total. The van der Waals surface area contributed by atoms with Gasteiger partial charge in [0.15, 0.2) is 8.07 Å². The minimum atomic E-state index is -2.04. The number of benzene rings is 2. The van der Waals surface area contributed by atoms with Crippen molar-refractivity contribution in [3.8, 4) is 0 Å². The molecular formula is C20H19NS2Si. The summed E-state index contributed by atoms with van der Waals surface area (Å²) in [6, 6.07) is 19.9. The number of aromatic nitrogens is 1. The summed E-state index contributed by atoms with van der Waals surface area (Å²) in [5, 5.41) is 5.23. The topological polar surface area (TPSA) is 12.9 Å². The largest absolute Gasteiger partial charge is 0.245 e. The van der Waals surface area contributed by atoms with Crippen molar-refractivity contribution in [1.82, 2.24) is 4.98 Å². The number of rotatable bonds is 3. The molecule has 4 rings (SSSR count). The zero-order valence-corrected chi connectivity index (χ0v) is 16.7. The maximum Gasteiger partial charge on any atom is 0.182 e. The van der Waals surface area contributed by atoms with Gasteiger partial charge in [0.2, 0.25) is 0 Å². The highest BCUT2D eigenvalue weighted by Gasteiger charge is 2.38. The zero-order chi connectivity index (χ0) is 16.7. The fourth-order valence-electron chi connectivity index (χ4n) is 3.14. The van der Waals surface area contributed by atoms with Crippen LogP contribution in [0, 0.1) is 13.8 Å². The molecule has 0 aliphatic carbocycles. The smallest absolute Gasteiger partial charge is 0.182 e. The van der Waals surface area contributed by atoms with E-state index < -0.39 is 8.07 Å². The van der Waals surface area contributed by atoms with Gasteiger partial charge in [0.05, 0.1) is 14.8 Å². The summed E-state index contributed by atoms with van der Waals surface area (Å²) in [4.78, 5) is 6.46. The molecule has 24 heavy (non-hydrogen) atoms. The lowest BCUT2D eigenvalue weighted by Gasteiger charge is -2.24. The Bertz CT molecular complexity index is 1000. The van der Waals surface area contributed by atoms with Crippen LogP contribution in [0.25, 0.3) is 10.2 Å². The van der Waals surface area contributed by atoms with Crippen molar-refractivity contribution >= 4 is 56.0 Å². The molecule has 1 nitrogen and oxygen atoms in total. The average Bonchev–Trinajstić information content (AvgIpc) is 3.21. The highest BCUT2D eigenvalue weighted by molar-refractivity contribution is 7.35. The number of thiazole rings is 1. The maximum absolute atomic E-state index is 5.09. The summed E-state index contributed by atoms with van der Waals surface area (Å²) in [6.07, 6.45) is 0. The molecule has 0 saturated carbocycles. The predicted molar refractivity (Wildman–Crippen MR) is 110 cm³/mol. The minimum Gasteiger partial charge on any atom is -0.245 e. The summed E-state index contributed by atoms with van der Waals surface area (Å²) in [7, 11) is -2.04. The molecule has 2 aromatic carbocycles. The summed E-state index contributed by atoms with van der Waals surface area (Å²) >= 11 is 3.71. The lowest BCUT2D eigenvalue weighted by molar-refractivity contribution is 1.46. The van der Waals surface area contributed by atoms with Crippen molar-refractivity contribution in [2.75, 3.05) is 0 Å². The summed E-state index contributed by atoms with van der Waals surface area (Å²) in [5.41, 5.74) is 2.41. The Labute approximate surface area is 151 Å². The second-order valence-electron chi connectivity index (χ2n) is 6.43. The minimum absolute atomic E-state index is 1.14. The molecular weight excluding hydrogens is 346 g/mol. The fraction of sp³-hybridized carbons (Fsp3) is 0.150. The SMILES string of the molecule is Cc1ccc2sc([Si](C)(c3ccccc3)c3csc(C)c3)nc2c1. The van der Waals surface area contributed by atoms with E-state index >= 15 is 0 Å². The van der Waals surface area contributed by atoms with Gasteiger partial charge in [-0.3, -0.25) is 0 Å². The van der Waals surface area contributed by atoms with Gasteiger partial charge in [0.1, 0.15) is 0 Å². The van der Waals surface area contributed by atoms with E-state index in [0.29, 0.717) is 0 Å². The first-order valence-corrected chi connectivity index (χ1v) is 12.3. The van der Waals surface area contributed by atoms with Crippen molar-refractivity contribution in [1.29, 1.82) is 0 Å². The van der Waals surface area contributed by atoms with Gasteiger partial charge < -0.3 is 0 Å². The number of nitrogens with zero attached hydrogens (tertiary/aromatic N) is 1. The monoisotopic (exact) mass is 365 g/mol. The number of thiophene rings is 1. The third-order valence-corrected chi connectivity index (χ3v) is 12.0. The molecule has 0 bridgehead atoms. The first-order chi connectivity index (χ1) is 11.6. The molecule has 2 heterocycles. The van der Waals surface area contributed by atoms with Crippen LogP contribution in [-0.4, -0.2) is 13.1 Å². The van der Waals surface area contributed by atoms with Crippen LogP contribution < -0.4 is 15.0 Å². The summed E-state index contributed by atoms with van der Waals surface area (Å²) in [5.74, 6) is 0. The maximum atomic E-state index is 5.09. The lowest BCUT2D eigenvalue weighted by atomic mass is 10.2. The molecule has 0 spiro atoms. The molecule has 1 atom stereocenters. The zero-order valence-electron chi connectivity index (χ0n) is 14.0. The molecule has 1 unspecified atom stereocenters. The molecule has 0 fully saturated rings. The Morgan fingerprint density at radius 1 is 0.917 bits per heavy atom. The molecule has 0 saturated heterocycles. The molecule has 4 aromatic rings. The number of hydrogen-bond acceptors (Lipinski definition) is 3. The lowest BCUT2D eigenvalue weighted by Crippen LogP contribution is -2.64. The highest BCUT2D eigenvalue weighted by Crippen LogP contribution is 2.21. The van der Waals surface area contributed by atoms with Crippen LogP contribution in [-0.2, 0) is 0 Å². The Kier molecular flexibility index (Phi) is 3.91. The van der Waals surface area contributed by atoms with Gasteiger partial charge in [0.25, 0.3) is 0 Å². The van der Waals surface area contributed by atoms with Crippen LogP contribution in [0.2, 0.25) is 6.55 Å². The highest BCUT2D eigenvalue weighted by atomic mass is 32.1. The van der Waals surface area contributed by atoms with E-state index in [0.717, 1.165) is 5.52 Å². The van der Waals surface area contributed by atoms with Crippen LogP contribution in [0.15, 0.2) is 60.0 Å². The molecule has 120 valence electrons. The van der Waals surface area contributed by atoms with Crippen molar-refractivity contribution < 1.29 is 0 Å². The molecule has 0 aliphatic heterocycles. The van der Waals surface area contributed by atoms with E-state index in [1.807, 2.05) is 22.7 Å².